The van der Waals surface area contributed by atoms with Crippen molar-refractivity contribution in [2.45, 2.75) is 31.5 Å². The number of carbonyl (C=O) groups is 1. The quantitative estimate of drug-likeness (QED) is 0.752. The minimum Gasteiger partial charge on any atom is -0.364 e. The van der Waals surface area contributed by atoms with Crippen LogP contribution in [0.25, 0.3) is 5.65 Å². The maximum Gasteiger partial charge on any atom is 0.435 e. The maximum atomic E-state index is 13.0. The standard InChI is InChI=1S/C17H14F3N5O2/c18-17(19,20)13-7-12(9-4-5-9)24(23-13)8-10-6-15(26)25-11(16(21)27)2-1-3-14(25)22-10/h1-3,6-7,9H,4-5,8H2,(H2,21,27). The van der Waals surface area contributed by atoms with Gasteiger partial charge in [0.15, 0.2) is 5.69 Å². The molecule has 1 aliphatic rings. The number of aromatic nitrogens is 4. The van der Waals surface area contributed by atoms with Crippen LogP contribution in [0.1, 0.15) is 46.3 Å². The molecule has 0 saturated heterocycles. The first kappa shape index (κ1) is 17.3. The molecule has 3 aromatic heterocycles. The van der Waals surface area contributed by atoms with E-state index >= 15 is 0 Å². The number of alkyl halides is 3. The monoisotopic (exact) mass is 377 g/mol. The highest BCUT2D eigenvalue weighted by atomic mass is 19.4. The predicted octanol–water partition coefficient (Wildman–Crippen LogP) is 1.93. The molecule has 2 N–H and O–H groups in total. The van der Waals surface area contributed by atoms with E-state index in [0.717, 1.165) is 23.3 Å². The van der Waals surface area contributed by atoms with E-state index in [1.165, 1.54) is 28.9 Å². The van der Waals surface area contributed by atoms with Crippen molar-refractivity contribution in [1.82, 2.24) is 19.2 Å². The Bertz CT molecular complexity index is 1110. The topological polar surface area (TPSA) is 95.3 Å². The van der Waals surface area contributed by atoms with Gasteiger partial charge in [-0.3, -0.25) is 18.7 Å². The summed E-state index contributed by atoms with van der Waals surface area (Å²) in [5, 5.41) is 3.66. The number of fused-ring (bicyclic) bond motifs is 1. The van der Waals surface area contributed by atoms with Crippen LogP contribution in [0.15, 0.2) is 35.1 Å². The fourth-order valence-corrected chi connectivity index (χ4v) is 3.03. The molecular weight excluding hydrogens is 363 g/mol. The van der Waals surface area contributed by atoms with E-state index < -0.39 is 23.3 Å². The van der Waals surface area contributed by atoms with E-state index in [-0.39, 0.29) is 29.5 Å². The maximum absolute atomic E-state index is 13.0. The smallest absolute Gasteiger partial charge is 0.364 e. The van der Waals surface area contributed by atoms with Gasteiger partial charge in [-0.15, -0.1) is 0 Å². The van der Waals surface area contributed by atoms with Gasteiger partial charge in [0.2, 0.25) is 0 Å². The second kappa shape index (κ2) is 5.93. The van der Waals surface area contributed by atoms with Gasteiger partial charge >= 0.3 is 6.18 Å². The van der Waals surface area contributed by atoms with Gasteiger partial charge in [-0.05, 0) is 31.0 Å². The first-order chi connectivity index (χ1) is 12.7. The second-order valence-corrected chi connectivity index (χ2v) is 6.44. The third-order valence-corrected chi connectivity index (χ3v) is 4.40. The van der Waals surface area contributed by atoms with Crippen LogP contribution in [-0.4, -0.2) is 25.1 Å². The summed E-state index contributed by atoms with van der Waals surface area (Å²) in [7, 11) is 0. The summed E-state index contributed by atoms with van der Waals surface area (Å²) in [5.74, 6) is -0.744. The summed E-state index contributed by atoms with van der Waals surface area (Å²) < 4.78 is 41.3. The lowest BCUT2D eigenvalue weighted by molar-refractivity contribution is -0.141. The Morgan fingerprint density at radius 1 is 1.26 bits per heavy atom. The van der Waals surface area contributed by atoms with E-state index in [4.69, 9.17) is 5.73 Å². The molecule has 1 amide bonds. The Labute approximate surface area is 150 Å². The van der Waals surface area contributed by atoms with Crippen LogP contribution in [0.5, 0.6) is 0 Å². The van der Waals surface area contributed by atoms with Gasteiger partial charge in [0.1, 0.15) is 11.3 Å². The van der Waals surface area contributed by atoms with Gasteiger partial charge in [0, 0.05) is 17.7 Å². The normalized spacial score (nSPS) is 14.6. The highest BCUT2D eigenvalue weighted by molar-refractivity contribution is 5.91. The number of rotatable bonds is 4. The van der Waals surface area contributed by atoms with Crippen LogP contribution in [0, 0.1) is 0 Å². The molecule has 0 bridgehead atoms. The van der Waals surface area contributed by atoms with E-state index in [0.29, 0.717) is 5.69 Å². The minimum atomic E-state index is -4.54. The largest absolute Gasteiger partial charge is 0.435 e. The summed E-state index contributed by atoms with van der Waals surface area (Å²) in [4.78, 5) is 28.2. The molecule has 0 radical (unpaired) electrons. The van der Waals surface area contributed by atoms with Gasteiger partial charge < -0.3 is 5.73 Å². The molecule has 0 aromatic carbocycles. The molecule has 1 fully saturated rings. The molecule has 0 unspecified atom stereocenters. The molecule has 0 atom stereocenters. The molecule has 7 nitrogen and oxygen atoms in total. The second-order valence-electron chi connectivity index (χ2n) is 6.44. The Morgan fingerprint density at radius 2 is 2.00 bits per heavy atom. The number of carbonyl (C=O) groups excluding carboxylic acids is 1. The molecule has 3 aromatic rings. The van der Waals surface area contributed by atoms with Crippen LogP contribution >= 0.6 is 0 Å². The SMILES string of the molecule is NC(=O)c1cccc2nc(Cn3nc(C(F)(F)F)cc3C3CC3)cc(=O)n12. The molecular formula is C17H14F3N5O2. The molecule has 1 saturated carbocycles. The van der Waals surface area contributed by atoms with Gasteiger partial charge in [0.05, 0.1) is 12.2 Å². The van der Waals surface area contributed by atoms with Crippen molar-refractivity contribution in [1.29, 1.82) is 0 Å². The molecule has 27 heavy (non-hydrogen) atoms. The first-order valence-electron chi connectivity index (χ1n) is 8.20. The van der Waals surface area contributed by atoms with E-state index in [1.807, 2.05) is 0 Å². The number of nitrogens with zero attached hydrogens (tertiary/aromatic N) is 4. The third kappa shape index (κ3) is 3.18. The average Bonchev–Trinajstić information content (AvgIpc) is 3.33. The summed E-state index contributed by atoms with van der Waals surface area (Å²) in [6, 6.07) is 6.66. The van der Waals surface area contributed by atoms with Gasteiger partial charge in [0.25, 0.3) is 11.5 Å². The zero-order valence-electron chi connectivity index (χ0n) is 13.9. The molecule has 1 aliphatic carbocycles. The molecule has 10 heteroatoms. The van der Waals surface area contributed by atoms with Crippen molar-refractivity contribution < 1.29 is 18.0 Å². The Kier molecular flexibility index (Phi) is 3.79. The lowest BCUT2D eigenvalue weighted by Gasteiger charge is -2.09. The highest BCUT2D eigenvalue weighted by Gasteiger charge is 2.37. The summed E-state index contributed by atoms with van der Waals surface area (Å²) >= 11 is 0. The predicted molar refractivity (Wildman–Crippen MR) is 88.3 cm³/mol. The van der Waals surface area contributed by atoms with Crippen molar-refractivity contribution in [2.75, 3.05) is 0 Å². The van der Waals surface area contributed by atoms with Crippen LogP contribution in [0.3, 0.4) is 0 Å². The molecule has 4 rings (SSSR count). The number of hydrogen-bond donors (Lipinski definition) is 1. The van der Waals surface area contributed by atoms with Crippen LogP contribution in [-0.2, 0) is 12.7 Å². The Balaban J connectivity index is 1.78. The first-order valence-corrected chi connectivity index (χ1v) is 8.20. The summed E-state index contributed by atoms with van der Waals surface area (Å²) in [6.07, 6.45) is -2.93. The van der Waals surface area contributed by atoms with Crippen LogP contribution in [0.4, 0.5) is 13.2 Å². The number of nitrogens with two attached hydrogens (primary N) is 1. The molecule has 3 heterocycles. The van der Waals surface area contributed by atoms with Crippen molar-refractivity contribution >= 4 is 11.6 Å². The lowest BCUT2D eigenvalue weighted by atomic mass is 10.2. The Hall–Kier alpha value is -3.17. The molecule has 140 valence electrons. The van der Waals surface area contributed by atoms with Gasteiger partial charge in [-0.25, -0.2) is 4.98 Å². The number of pyridine rings is 1. The minimum absolute atomic E-state index is 0.0198. The number of hydrogen-bond acceptors (Lipinski definition) is 4. The van der Waals surface area contributed by atoms with Crippen molar-refractivity contribution in [3.8, 4) is 0 Å². The summed E-state index contributed by atoms with van der Waals surface area (Å²) in [5.41, 5.74) is 4.66. The third-order valence-electron chi connectivity index (χ3n) is 4.40. The average molecular weight is 377 g/mol. The molecule has 0 spiro atoms. The van der Waals surface area contributed by atoms with E-state index in [9.17, 15) is 22.8 Å². The van der Waals surface area contributed by atoms with E-state index in [1.54, 1.807) is 0 Å². The summed E-state index contributed by atoms with van der Waals surface area (Å²) in [6.45, 7) is -0.0749. The van der Waals surface area contributed by atoms with Gasteiger partial charge in [-0.2, -0.15) is 18.3 Å². The highest BCUT2D eigenvalue weighted by Crippen LogP contribution is 2.42. The Morgan fingerprint density at radius 3 is 2.63 bits per heavy atom. The number of primary amides is 1. The number of amides is 1. The van der Waals surface area contributed by atoms with Crippen molar-refractivity contribution in [2.24, 2.45) is 5.73 Å². The van der Waals surface area contributed by atoms with Crippen LogP contribution in [0.2, 0.25) is 0 Å². The zero-order chi connectivity index (χ0) is 19.3. The van der Waals surface area contributed by atoms with Crippen molar-refractivity contribution in [3.63, 3.8) is 0 Å². The fraction of sp³-hybridized carbons (Fsp3) is 0.294. The fourth-order valence-electron chi connectivity index (χ4n) is 3.03. The van der Waals surface area contributed by atoms with Crippen LogP contribution < -0.4 is 11.3 Å². The molecule has 0 aliphatic heterocycles. The number of halogens is 3. The van der Waals surface area contributed by atoms with Crippen molar-refractivity contribution in [3.05, 3.63) is 63.5 Å². The zero-order valence-corrected chi connectivity index (χ0v) is 13.9. The van der Waals surface area contributed by atoms with Gasteiger partial charge in [-0.1, -0.05) is 6.07 Å². The lowest BCUT2D eigenvalue weighted by Crippen LogP contribution is -2.25. The van der Waals surface area contributed by atoms with E-state index in [2.05, 4.69) is 10.1 Å².